The molecule has 0 saturated carbocycles. The van der Waals surface area contributed by atoms with Gasteiger partial charge >= 0.3 is 0 Å². The van der Waals surface area contributed by atoms with Gasteiger partial charge in [-0.3, -0.25) is 9.99 Å². The van der Waals surface area contributed by atoms with Gasteiger partial charge in [-0.25, -0.2) is 0 Å². The van der Waals surface area contributed by atoms with Crippen LogP contribution in [0.2, 0.25) is 0 Å². The largest absolute Gasteiger partial charge is 0.292 e. The molecule has 3 nitrogen and oxygen atoms in total. The second kappa shape index (κ2) is 4.01. The SMILES string of the molecule is CCC1(C)C=NN(Cc2cccnc2)C1. The number of nitrogens with zero attached hydrogens (tertiary/aromatic N) is 3. The lowest BCUT2D eigenvalue weighted by Gasteiger charge is -2.21. The molecule has 1 aromatic heterocycles. The zero-order valence-corrected chi connectivity index (χ0v) is 9.35. The monoisotopic (exact) mass is 203 g/mol. The first-order valence-corrected chi connectivity index (χ1v) is 5.41. The van der Waals surface area contributed by atoms with Gasteiger partial charge in [0.25, 0.3) is 0 Å². The van der Waals surface area contributed by atoms with Crippen molar-refractivity contribution in [3.8, 4) is 0 Å². The molecule has 0 fully saturated rings. The molecule has 1 aliphatic rings. The minimum atomic E-state index is 0.252. The first-order valence-electron chi connectivity index (χ1n) is 5.41. The van der Waals surface area contributed by atoms with Crippen molar-refractivity contribution in [2.24, 2.45) is 10.5 Å². The lowest BCUT2D eigenvalue weighted by Crippen LogP contribution is -2.25. The molecule has 15 heavy (non-hydrogen) atoms. The van der Waals surface area contributed by atoms with Crippen molar-refractivity contribution < 1.29 is 0 Å². The van der Waals surface area contributed by atoms with Gasteiger partial charge in [-0.15, -0.1) is 0 Å². The van der Waals surface area contributed by atoms with E-state index in [1.807, 2.05) is 12.3 Å². The predicted octanol–water partition coefficient (Wildman–Crippen LogP) is 2.30. The number of pyridine rings is 1. The Hall–Kier alpha value is -1.38. The molecule has 0 aromatic carbocycles. The average Bonchev–Trinajstić information content (AvgIpc) is 2.63. The van der Waals surface area contributed by atoms with E-state index in [2.05, 4.69) is 41.2 Å². The molecule has 0 bridgehead atoms. The molecule has 1 unspecified atom stereocenters. The standard InChI is InChI=1S/C12H17N3/c1-3-12(2)9-14-15(10-12)8-11-5-4-6-13-7-11/h4-7,9H,3,8,10H2,1-2H3. The Morgan fingerprint density at radius 1 is 1.53 bits per heavy atom. The number of hydrazone groups is 1. The highest BCUT2D eigenvalue weighted by atomic mass is 15.5. The highest BCUT2D eigenvalue weighted by Crippen LogP contribution is 2.26. The van der Waals surface area contributed by atoms with Gasteiger partial charge in [0.05, 0.1) is 6.54 Å². The van der Waals surface area contributed by atoms with E-state index in [4.69, 9.17) is 0 Å². The number of hydrogen-bond donors (Lipinski definition) is 0. The number of hydrogen-bond acceptors (Lipinski definition) is 3. The van der Waals surface area contributed by atoms with Gasteiger partial charge in [-0.05, 0) is 18.1 Å². The molecule has 1 aromatic rings. The summed E-state index contributed by atoms with van der Waals surface area (Å²) in [6, 6.07) is 4.05. The maximum Gasteiger partial charge on any atom is 0.0626 e. The maximum atomic E-state index is 4.44. The summed E-state index contributed by atoms with van der Waals surface area (Å²) in [4.78, 5) is 4.10. The van der Waals surface area contributed by atoms with Gasteiger partial charge in [0.1, 0.15) is 0 Å². The predicted molar refractivity (Wildman–Crippen MR) is 61.5 cm³/mol. The van der Waals surface area contributed by atoms with Crippen LogP contribution in [0.15, 0.2) is 29.6 Å². The molecule has 80 valence electrons. The van der Waals surface area contributed by atoms with Gasteiger partial charge in [-0.2, -0.15) is 5.10 Å². The Morgan fingerprint density at radius 3 is 3.00 bits per heavy atom. The van der Waals surface area contributed by atoms with Crippen LogP contribution in [0.1, 0.15) is 25.8 Å². The van der Waals surface area contributed by atoms with Gasteiger partial charge in [-0.1, -0.05) is 19.9 Å². The summed E-state index contributed by atoms with van der Waals surface area (Å²) < 4.78 is 0. The lowest BCUT2D eigenvalue weighted by atomic mass is 9.90. The summed E-state index contributed by atoms with van der Waals surface area (Å²) in [6.45, 7) is 6.33. The summed E-state index contributed by atoms with van der Waals surface area (Å²) in [5.74, 6) is 0. The Balaban J connectivity index is 1.97. The highest BCUT2D eigenvalue weighted by molar-refractivity contribution is 5.67. The first-order chi connectivity index (χ1) is 7.22. The van der Waals surface area contributed by atoms with Gasteiger partial charge < -0.3 is 0 Å². The second-order valence-electron chi connectivity index (χ2n) is 4.44. The smallest absolute Gasteiger partial charge is 0.0626 e. The zero-order chi connectivity index (χ0) is 10.7. The van der Waals surface area contributed by atoms with Crippen molar-refractivity contribution in [2.45, 2.75) is 26.8 Å². The van der Waals surface area contributed by atoms with Crippen molar-refractivity contribution in [2.75, 3.05) is 6.54 Å². The maximum absolute atomic E-state index is 4.44. The minimum Gasteiger partial charge on any atom is -0.292 e. The Bertz CT molecular complexity index is 347. The minimum absolute atomic E-state index is 0.252. The van der Waals surface area contributed by atoms with E-state index in [1.54, 1.807) is 6.20 Å². The summed E-state index contributed by atoms with van der Waals surface area (Å²) in [7, 11) is 0. The number of aromatic nitrogens is 1. The molecule has 0 aliphatic carbocycles. The third kappa shape index (κ3) is 2.35. The van der Waals surface area contributed by atoms with E-state index in [1.165, 1.54) is 5.56 Å². The summed E-state index contributed by atoms with van der Waals surface area (Å²) in [6.07, 6.45) is 6.91. The van der Waals surface area contributed by atoms with Crippen LogP contribution in [0.3, 0.4) is 0 Å². The van der Waals surface area contributed by atoms with Crippen LogP contribution in [0, 0.1) is 5.41 Å². The Kier molecular flexibility index (Phi) is 2.71. The second-order valence-corrected chi connectivity index (χ2v) is 4.44. The lowest BCUT2D eigenvalue weighted by molar-refractivity contribution is 0.245. The fourth-order valence-electron chi connectivity index (χ4n) is 1.72. The Morgan fingerprint density at radius 2 is 2.40 bits per heavy atom. The summed E-state index contributed by atoms with van der Waals surface area (Å²) in [5, 5.41) is 6.55. The van der Waals surface area contributed by atoms with E-state index in [0.29, 0.717) is 0 Å². The highest BCUT2D eigenvalue weighted by Gasteiger charge is 2.27. The molecule has 0 N–H and O–H groups in total. The fraction of sp³-hybridized carbons (Fsp3) is 0.500. The van der Waals surface area contributed by atoms with Crippen molar-refractivity contribution in [1.82, 2.24) is 9.99 Å². The molecule has 1 atom stereocenters. The molecule has 1 aliphatic heterocycles. The Labute approximate surface area is 90.8 Å². The van der Waals surface area contributed by atoms with Crippen LogP contribution in [0.25, 0.3) is 0 Å². The number of rotatable bonds is 3. The summed E-state index contributed by atoms with van der Waals surface area (Å²) in [5.41, 5.74) is 1.47. The third-order valence-electron chi connectivity index (χ3n) is 2.97. The molecule has 0 radical (unpaired) electrons. The van der Waals surface area contributed by atoms with Gasteiger partial charge in [0, 0.05) is 30.6 Å². The molecule has 3 heteroatoms. The van der Waals surface area contributed by atoms with Crippen molar-refractivity contribution in [1.29, 1.82) is 0 Å². The van der Waals surface area contributed by atoms with E-state index in [0.717, 1.165) is 19.5 Å². The van der Waals surface area contributed by atoms with Gasteiger partial charge in [0.2, 0.25) is 0 Å². The average molecular weight is 203 g/mol. The normalized spacial score (nSPS) is 24.8. The quantitative estimate of drug-likeness (QED) is 0.754. The van der Waals surface area contributed by atoms with Crippen molar-refractivity contribution in [3.63, 3.8) is 0 Å². The van der Waals surface area contributed by atoms with Crippen molar-refractivity contribution in [3.05, 3.63) is 30.1 Å². The topological polar surface area (TPSA) is 28.5 Å². The van der Waals surface area contributed by atoms with Crippen molar-refractivity contribution >= 4 is 6.21 Å². The van der Waals surface area contributed by atoms with Crippen LogP contribution in [-0.2, 0) is 6.54 Å². The van der Waals surface area contributed by atoms with E-state index in [9.17, 15) is 0 Å². The zero-order valence-electron chi connectivity index (χ0n) is 9.35. The van der Waals surface area contributed by atoms with E-state index >= 15 is 0 Å². The van der Waals surface area contributed by atoms with Crippen LogP contribution >= 0.6 is 0 Å². The van der Waals surface area contributed by atoms with E-state index in [-0.39, 0.29) is 5.41 Å². The van der Waals surface area contributed by atoms with Crippen LogP contribution in [-0.4, -0.2) is 22.8 Å². The molecule has 0 spiro atoms. The van der Waals surface area contributed by atoms with Crippen LogP contribution in [0.4, 0.5) is 0 Å². The molecule has 0 amide bonds. The molecule has 2 rings (SSSR count). The van der Waals surface area contributed by atoms with E-state index < -0.39 is 0 Å². The summed E-state index contributed by atoms with van der Waals surface area (Å²) >= 11 is 0. The molecule has 0 saturated heterocycles. The first kappa shape index (κ1) is 10.1. The van der Waals surface area contributed by atoms with Crippen LogP contribution < -0.4 is 0 Å². The molecule has 2 heterocycles. The molecular weight excluding hydrogens is 186 g/mol. The van der Waals surface area contributed by atoms with Crippen LogP contribution in [0.5, 0.6) is 0 Å². The van der Waals surface area contributed by atoms with Gasteiger partial charge in [0.15, 0.2) is 0 Å². The molecular formula is C12H17N3. The third-order valence-corrected chi connectivity index (χ3v) is 2.97. The fourth-order valence-corrected chi connectivity index (χ4v) is 1.72.